The second-order valence-electron chi connectivity index (χ2n) is 4.28. The van der Waals surface area contributed by atoms with Crippen LogP contribution in [0.3, 0.4) is 0 Å². The molecule has 0 aliphatic rings. The highest BCUT2D eigenvalue weighted by molar-refractivity contribution is 7.51. The average Bonchev–Trinajstić information content (AvgIpc) is 2.38. The predicted octanol–water partition coefficient (Wildman–Crippen LogP) is 2.38. The van der Waals surface area contributed by atoms with Crippen molar-refractivity contribution in [3.8, 4) is 5.75 Å². The van der Waals surface area contributed by atoms with E-state index in [-0.39, 0.29) is 5.75 Å². The Hall–Kier alpha value is -1.88. The smallest absolute Gasteiger partial charge is 0.456 e. The number of nitrogens with one attached hydrogen (secondary N) is 1. The van der Waals surface area contributed by atoms with Crippen molar-refractivity contribution in [1.82, 2.24) is 5.09 Å². The van der Waals surface area contributed by atoms with Crippen LogP contribution in [-0.2, 0) is 9.36 Å². The summed E-state index contributed by atoms with van der Waals surface area (Å²) in [6.07, 6.45) is 0. The SMILES string of the molecule is CC(NP(=O)(O)Oc1cccc2ccccc12)C(=O)O. The van der Waals surface area contributed by atoms with Crippen molar-refractivity contribution in [3.05, 3.63) is 42.5 Å². The second kappa shape index (κ2) is 5.63. The lowest BCUT2D eigenvalue weighted by molar-refractivity contribution is -0.138. The number of carboxylic acids is 1. The summed E-state index contributed by atoms with van der Waals surface area (Å²) in [7, 11) is -4.26. The first-order valence-electron chi connectivity index (χ1n) is 5.90. The van der Waals surface area contributed by atoms with Gasteiger partial charge in [-0.15, -0.1) is 0 Å². The van der Waals surface area contributed by atoms with Gasteiger partial charge in [0.1, 0.15) is 11.8 Å². The van der Waals surface area contributed by atoms with Crippen LogP contribution in [0.25, 0.3) is 10.8 Å². The maximum atomic E-state index is 11.9. The van der Waals surface area contributed by atoms with Crippen LogP contribution in [0.4, 0.5) is 0 Å². The zero-order valence-corrected chi connectivity index (χ0v) is 11.6. The van der Waals surface area contributed by atoms with Crippen LogP contribution < -0.4 is 9.61 Å². The van der Waals surface area contributed by atoms with Gasteiger partial charge in [-0.3, -0.25) is 4.79 Å². The van der Waals surface area contributed by atoms with E-state index in [0.29, 0.717) is 5.39 Å². The molecule has 0 aliphatic heterocycles. The lowest BCUT2D eigenvalue weighted by Crippen LogP contribution is -2.32. The van der Waals surface area contributed by atoms with Gasteiger partial charge >= 0.3 is 13.7 Å². The molecule has 3 N–H and O–H groups in total. The van der Waals surface area contributed by atoms with Crippen LogP contribution in [0.5, 0.6) is 5.75 Å². The van der Waals surface area contributed by atoms with Crippen LogP contribution in [-0.4, -0.2) is 22.0 Å². The topological polar surface area (TPSA) is 95.9 Å². The summed E-state index contributed by atoms with van der Waals surface area (Å²) in [5, 5.41) is 12.3. The first-order chi connectivity index (χ1) is 9.39. The third-order valence-corrected chi connectivity index (χ3v) is 3.86. The molecule has 0 radical (unpaired) electrons. The fraction of sp³-hybridized carbons (Fsp3) is 0.154. The van der Waals surface area contributed by atoms with E-state index < -0.39 is 19.8 Å². The predicted molar refractivity (Wildman–Crippen MR) is 74.6 cm³/mol. The first-order valence-corrected chi connectivity index (χ1v) is 7.47. The van der Waals surface area contributed by atoms with Gasteiger partial charge in [-0.1, -0.05) is 36.4 Å². The Morgan fingerprint density at radius 2 is 1.90 bits per heavy atom. The van der Waals surface area contributed by atoms with Gasteiger partial charge in [-0.2, -0.15) is 5.09 Å². The molecule has 0 aromatic heterocycles. The van der Waals surface area contributed by atoms with Gasteiger partial charge in [0.2, 0.25) is 0 Å². The largest absolute Gasteiger partial charge is 0.480 e. The van der Waals surface area contributed by atoms with E-state index in [4.69, 9.17) is 9.63 Å². The molecule has 0 saturated heterocycles. The van der Waals surface area contributed by atoms with E-state index in [9.17, 15) is 14.3 Å². The molecule has 2 aromatic carbocycles. The molecule has 2 atom stereocenters. The number of hydrogen-bond donors (Lipinski definition) is 3. The standard InChI is InChI=1S/C13H14NO5P/c1-9(13(15)16)14-20(17,18)19-12-8-4-6-10-5-2-3-7-11(10)12/h2-9H,1H3,(H,15,16)(H2,14,17,18). The summed E-state index contributed by atoms with van der Waals surface area (Å²) in [5.74, 6) is -1.01. The highest BCUT2D eigenvalue weighted by Gasteiger charge is 2.27. The molecule has 0 bridgehead atoms. The molecule has 0 spiro atoms. The third kappa shape index (κ3) is 3.36. The van der Waals surface area contributed by atoms with Crippen molar-refractivity contribution in [2.75, 3.05) is 0 Å². The number of hydrogen-bond acceptors (Lipinski definition) is 3. The zero-order valence-electron chi connectivity index (χ0n) is 10.7. The van der Waals surface area contributed by atoms with Gasteiger partial charge in [0.15, 0.2) is 0 Å². The average molecular weight is 295 g/mol. The molecule has 2 unspecified atom stereocenters. The van der Waals surface area contributed by atoms with Crippen LogP contribution in [0.15, 0.2) is 42.5 Å². The maximum Gasteiger partial charge on any atom is 0.456 e. The Morgan fingerprint density at radius 1 is 1.25 bits per heavy atom. The van der Waals surface area contributed by atoms with E-state index in [1.165, 1.54) is 6.92 Å². The van der Waals surface area contributed by atoms with Crippen molar-refractivity contribution in [3.63, 3.8) is 0 Å². The number of aliphatic carboxylic acids is 1. The monoisotopic (exact) mass is 295 g/mol. The first kappa shape index (κ1) is 14.5. The minimum Gasteiger partial charge on any atom is -0.480 e. The molecule has 0 amide bonds. The molecular weight excluding hydrogens is 281 g/mol. The molecule has 106 valence electrons. The minimum atomic E-state index is -4.26. The molecule has 0 heterocycles. The van der Waals surface area contributed by atoms with E-state index in [0.717, 1.165) is 5.39 Å². The van der Waals surface area contributed by atoms with Crippen molar-refractivity contribution in [2.24, 2.45) is 0 Å². The molecule has 20 heavy (non-hydrogen) atoms. The number of fused-ring (bicyclic) bond motifs is 1. The van der Waals surface area contributed by atoms with Gasteiger partial charge in [-0.05, 0) is 18.4 Å². The van der Waals surface area contributed by atoms with Gasteiger partial charge in [0.05, 0.1) is 0 Å². The summed E-state index contributed by atoms with van der Waals surface area (Å²) >= 11 is 0. The molecular formula is C13H14NO5P. The normalized spacial score (nSPS) is 15.5. The van der Waals surface area contributed by atoms with Gasteiger partial charge < -0.3 is 14.5 Å². The quantitative estimate of drug-likeness (QED) is 0.733. The summed E-state index contributed by atoms with van der Waals surface area (Å²) in [5.41, 5.74) is 0. The molecule has 7 heteroatoms. The van der Waals surface area contributed by atoms with Crippen molar-refractivity contribution in [1.29, 1.82) is 0 Å². The lowest BCUT2D eigenvalue weighted by Gasteiger charge is -2.17. The van der Waals surface area contributed by atoms with E-state index in [1.807, 2.05) is 18.2 Å². The Morgan fingerprint density at radius 3 is 2.60 bits per heavy atom. The van der Waals surface area contributed by atoms with Gasteiger partial charge in [0, 0.05) is 5.39 Å². The van der Waals surface area contributed by atoms with Crippen LogP contribution in [0, 0.1) is 0 Å². The second-order valence-corrected chi connectivity index (χ2v) is 5.76. The van der Waals surface area contributed by atoms with Crippen LogP contribution in [0.1, 0.15) is 6.92 Å². The third-order valence-electron chi connectivity index (χ3n) is 2.70. The van der Waals surface area contributed by atoms with E-state index in [1.54, 1.807) is 24.3 Å². The van der Waals surface area contributed by atoms with Crippen LogP contribution in [0.2, 0.25) is 0 Å². The molecule has 0 saturated carbocycles. The molecule has 2 aromatic rings. The molecule has 0 aliphatic carbocycles. The number of carbonyl (C=O) groups is 1. The van der Waals surface area contributed by atoms with Gasteiger partial charge in [0.25, 0.3) is 0 Å². The van der Waals surface area contributed by atoms with E-state index in [2.05, 4.69) is 5.09 Å². The maximum absolute atomic E-state index is 11.9. The Kier molecular flexibility index (Phi) is 4.09. The lowest BCUT2D eigenvalue weighted by atomic mass is 10.1. The Balaban J connectivity index is 2.27. The van der Waals surface area contributed by atoms with Crippen LogP contribution >= 0.6 is 7.75 Å². The Labute approximate surface area is 115 Å². The molecule has 2 rings (SSSR count). The fourth-order valence-corrected chi connectivity index (χ4v) is 2.81. The summed E-state index contributed by atoms with van der Waals surface area (Å²) < 4.78 is 17.0. The van der Waals surface area contributed by atoms with Crippen molar-refractivity contribution < 1.29 is 23.9 Å². The summed E-state index contributed by atoms with van der Waals surface area (Å²) in [6, 6.07) is 11.1. The highest BCUT2D eigenvalue weighted by atomic mass is 31.2. The van der Waals surface area contributed by atoms with Gasteiger partial charge in [-0.25, -0.2) is 4.57 Å². The summed E-state index contributed by atoms with van der Waals surface area (Å²) in [4.78, 5) is 20.4. The highest BCUT2D eigenvalue weighted by Crippen LogP contribution is 2.41. The molecule has 0 fully saturated rings. The minimum absolute atomic E-state index is 0.221. The van der Waals surface area contributed by atoms with Crippen molar-refractivity contribution >= 4 is 24.5 Å². The fourth-order valence-electron chi connectivity index (χ4n) is 1.73. The number of rotatable bonds is 5. The zero-order chi connectivity index (χ0) is 14.8. The van der Waals surface area contributed by atoms with E-state index >= 15 is 0 Å². The molecule has 6 nitrogen and oxygen atoms in total. The van der Waals surface area contributed by atoms with Crippen molar-refractivity contribution in [2.45, 2.75) is 13.0 Å². The Bertz CT molecular complexity index is 682. The number of benzene rings is 2. The number of carboxylic acid groups (broad SMARTS) is 1. The summed E-state index contributed by atoms with van der Waals surface area (Å²) in [6.45, 7) is 1.26.